The van der Waals surface area contributed by atoms with Crippen LogP contribution in [0.2, 0.25) is 0 Å². The summed E-state index contributed by atoms with van der Waals surface area (Å²) in [7, 11) is 3.33. The first-order valence-corrected chi connectivity index (χ1v) is 9.61. The van der Waals surface area contributed by atoms with Crippen LogP contribution in [0.4, 0.5) is 5.69 Å². The Morgan fingerprint density at radius 1 is 1.00 bits per heavy atom. The summed E-state index contributed by atoms with van der Waals surface area (Å²) in [5.74, 6) is 3.24. The molecule has 0 amide bonds. The van der Waals surface area contributed by atoms with E-state index in [0.29, 0.717) is 18.9 Å². The normalized spacial score (nSPS) is 11.8. The molecule has 7 heteroatoms. The molecule has 0 bridgehead atoms. The SMILES string of the molecule is CCNC(=NCC(C)c1ccccc1OC)Nc1ccc(OCC)c(OC)c1.I. The van der Waals surface area contributed by atoms with Gasteiger partial charge in [0.05, 0.1) is 20.8 Å². The van der Waals surface area contributed by atoms with E-state index in [0.717, 1.165) is 35.3 Å². The van der Waals surface area contributed by atoms with Gasteiger partial charge in [0.1, 0.15) is 5.75 Å². The van der Waals surface area contributed by atoms with E-state index in [-0.39, 0.29) is 29.9 Å². The lowest BCUT2D eigenvalue weighted by Crippen LogP contribution is -2.31. The van der Waals surface area contributed by atoms with Crippen LogP contribution in [0.5, 0.6) is 17.2 Å². The number of aliphatic imine (C=N–C) groups is 1. The Morgan fingerprint density at radius 2 is 1.72 bits per heavy atom. The number of para-hydroxylation sites is 1. The second-order valence-electron chi connectivity index (χ2n) is 6.29. The van der Waals surface area contributed by atoms with Crippen LogP contribution in [-0.2, 0) is 0 Å². The first-order valence-electron chi connectivity index (χ1n) is 9.61. The Hall–Kier alpha value is -2.16. The van der Waals surface area contributed by atoms with Gasteiger partial charge >= 0.3 is 0 Å². The van der Waals surface area contributed by atoms with Gasteiger partial charge in [0.15, 0.2) is 17.5 Å². The summed E-state index contributed by atoms with van der Waals surface area (Å²) in [6.07, 6.45) is 0. The lowest BCUT2D eigenvalue weighted by atomic mass is 10.0. The van der Waals surface area contributed by atoms with Gasteiger partial charge in [-0.2, -0.15) is 0 Å². The minimum atomic E-state index is 0. The minimum Gasteiger partial charge on any atom is -0.496 e. The molecule has 0 aromatic heterocycles. The fourth-order valence-corrected chi connectivity index (χ4v) is 2.86. The maximum Gasteiger partial charge on any atom is 0.195 e. The standard InChI is InChI=1S/C22H31N3O3.HI/c1-6-23-22(24-15-16(3)18-10-8-9-11-19(18)26-4)25-17-12-13-20(28-7-2)21(14-17)27-5;/h8-14,16H,6-7,15H2,1-5H3,(H2,23,24,25);1H. The number of rotatable bonds is 9. The third-order valence-electron chi connectivity index (χ3n) is 4.26. The van der Waals surface area contributed by atoms with Crippen LogP contribution in [0.25, 0.3) is 0 Å². The molecule has 1 atom stereocenters. The van der Waals surface area contributed by atoms with Gasteiger partial charge < -0.3 is 24.8 Å². The van der Waals surface area contributed by atoms with E-state index in [1.807, 2.05) is 50.2 Å². The van der Waals surface area contributed by atoms with Crippen molar-refractivity contribution in [3.63, 3.8) is 0 Å². The quantitative estimate of drug-likeness (QED) is 0.284. The zero-order valence-corrected chi connectivity index (χ0v) is 20.2. The predicted molar refractivity (Wildman–Crippen MR) is 131 cm³/mol. The van der Waals surface area contributed by atoms with E-state index in [2.05, 4.69) is 23.6 Å². The number of methoxy groups -OCH3 is 2. The van der Waals surface area contributed by atoms with Crippen molar-refractivity contribution >= 4 is 35.6 Å². The summed E-state index contributed by atoms with van der Waals surface area (Å²) in [6.45, 7) is 8.12. The summed E-state index contributed by atoms with van der Waals surface area (Å²) in [6, 6.07) is 13.8. The van der Waals surface area contributed by atoms with Crippen LogP contribution in [0.1, 0.15) is 32.3 Å². The minimum absolute atomic E-state index is 0. The van der Waals surface area contributed by atoms with E-state index in [1.165, 1.54) is 0 Å². The highest BCUT2D eigenvalue weighted by Crippen LogP contribution is 2.30. The molecule has 0 saturated carbocycles. The van der Waals surface area contributed by atoms with Gasteiger partial charge in [-0.1, -0.05) is 25.1 Å². The molecule has 2 rings (SSSR count). The zero-order chi connectivity index (χ0) is 20.4. The molecular weight excluding hydrogens is 481 g/mol. The lowest BCUT2D eigenvalue weighted by Gasteiger charge is -2.16. The van der Waals surface area contributed by atoms with Crippen molar-refractivity contribution in [1.29, 1.82) is 0 Å². The first kappa shape index (κ1) is 24.9. The third-order valence-corrected chi connectivity index (χ3v) is 4.26. The second kappa shape index (κ2) is 13.1. The van der Waals surface area contributed by atoms with Gasteiger partial charge in [0.2, 0.25) is 0 Å². The van der Waals surface area contributed by atoms with Gasteiger partial charge in [-0.05, 0) is 37.6 Å². The highest BCUT2D eigenvalue weighted by atomic mass is 127. The molecule has 0 aliphatic carbocycles. The van der Waals surface area contributed by atoms with Crippen molar-refractivity contribution in [2.45, 2.75) is 26.7 Å². The van der Waals surface area contributed by atoms with Crippen molar-refractivity contribution in [3.05, 3.63) is 48.0 Å². The van der Waals surface area contributed by atoms with Gasteiger partial charge in [0.25, 0.3) is 0 Å². The molecule has 2 N–H and O–H groups in total. The fourth-order valence-electron chi connectivity index (χ4n) is 2.86. The molecule has 0 saturated heterocycles. The number of hydrogen-bond donors (Lipinski definition) is 2. The van der Waals surface area contributed by atoms with Crippen LogP contribution in [0.3, 0.4) is 0 Å². The molecule has 6 nitrogen and oxygen atoms in total. The number of anilines is 1. The Balaban J connectivity index is 0.00000420. The van der Waals surface area contributed by atoms with Crippen molar-refractivity contribution < 1.29 is 14.2 Å². The monoisotopic (exact) mass is 513 g/mol. The molecule has 0 heterocycles. The summed E-state index contributed by atoms with van der Waals surface area (Å²) in [5, 5.41) is 6.61. The molecule has 0 radical (unpaired) electrons. The van der Waals surface area contributed by atoms with E-state index >= 15 is 0 Å². The Labute approximate surface area is 191 Å². The van der Waals surface area contributed by atoms with E-state index in [1.54, 1.807) is 14.2 Å². The average Bonchev–Trinajstić information content (AvgIpc) is 2.73. The zero-order valence-electron chi connectivity index (χ0n) is 17.8. The number of ether oxygens (including phenoxy) is 3. The molecule has 2 aromatic rings. The number of nitrogens with one attached hydrogen (secondary N) is 2. The van der Waals surface area contributed by atoms with Crippen molar-refractivity contribution in [2.75, 3.05) is 39.2 Å². The highest BCUT2D eigenvalue weighted by Gasteiger charge is 2.11. The second-order valence-corrected chi connectivity index (χ2v) is 6.29. The molecule has 2 aromatic carbocycles. The van der Waals surface area contributed by atoms with E-state index in [4.69, 9.17) is 19.2 Å². The molecule has 0 spiro atoms. The Bertz CT molecular complexity index is 784. The van der Waals surface area contributed by atoms with Crippen molar-refractivity contribution in [1.82, 2.24) is 5.32 Å². The van der Waals surface area contributed by atoms with Gasteiger partial charge in [-0.3, -0.25) is 4.99 Å². The van der Waals surface area contributed by atoms with Gasteiger partial charge in [-0.15, -0.1) is 24.0 Å². The topological polar surface area (TPSA) is 64.1 Å². The number of guanidine groups is 1. The van der Waals surface area contributed by atoms with E-state index in [9.17, 15) is 0 Å². The van der Waals surface area contributed by atoms with E-state index < -0.39 is 0 Å². The summed E-state index contributed by atoms with van der Waals surface area (Å²) in [5.41, 5.74) is 2.03. The highest BCUT2D eigenvalue weighted by molar-refractivity contribution is 14.0. The number of nitrogens with zero attached hydrogens (tertiary/aromatic N) is 1. The van der Waals surface area contributed by atoms with Crippen molar-refractivity contribution in [3.8, 4) is 17.2 Å². The average molecular weight is 513 g/mol. The van der Waals surface area contributed by atoms with Crippen molar-refractivity contribution in [2.24, 2.45) is 4.99 Å². The smallest absolute Gasteiger partial charge is 0.195 e. The summed E-state index contributed by atoms with van der Waals surface area (Å²) >= 11 is 0. The van der Waals surface area contributed by atoms with Gasteiger partial charge in [-0.25, -0.2) is 0 Å². The Kier molecular flexibility index (Phi) is 11.3. The first-order chi connectivity index (χ1) is 13.6. The van der Waals surface area contributed by atoms with Crippen LogP contribution < -0.4 is 24.8 Å². The molecule has 0 fully saturated rings. The molecule has 0 aliphatic heterocycles. The molecule has 0 aliphatic rings. The number of benzene rings is 2. The predicted octanol–water partition coefficient (Wildman–Crippen LogP) is 4.90. The van der Waals surface area contributed by atoms with Crippen LogP contribution in [-0.4, -0.2) is 39.9 Å². The van der Waals surface area contributed by atoms with Crippen LogP contribution in [0, 0.1) is 0 Å². The molecule has 1 unspecified atom stereocenters. The maximum atomic E-state index is 5.57. The lowest BCUT2D eigenvalue weighted by molar-refractivity contribution is 0.311. The molecular formula is C22H32IN3O3. The molecule has 160 valence electrons. The fraction of sp³-hybridized carbons (Fsp3) is 0.409. The number of hydrogen-bond acceptors (Lipinski definition) is 4. The maximum absolute atomic E-state index is 5.57. The number of halogens is 1. The van der Waals surface area contributed by atoms with Gasteiger partial charge in [0, 0.05) is 30.8 Å². The van der Waals surface area contributed by atoms with Crippen LogP contribution in [0.15, 0.2) is 47.5 Å². The summed E-state index contributed by atoms with van der Waals surface area (Å²) in [4.78, 5) is 4.74. The summed E-state index contributed by atoms with van der Waals surface area (Å²) < 4.78 is 16.5. The Morgan fingerprint density at radius 3 is 2.38 bits per heavy atom. The molecule has 29 heavy (non-hydrogen) atoms. The van der Waals surface area contributed by atoms with Crippen LogP contribution >= 0.6 is 24.0 Å². The third kappa shape index (κ3) is 7.30. The largest absolute Gasteiger partial charge is 0.496 e.